The lowest BCUT2D eigenvalue weighted by Crippen LogP contribution is -2.41. The molecule has 204 valence electrons. The minimum Gasteiger partial charge on any atom is -0.457 e. The van der Waals surface area contributed by atoms with Crippen LogP contribution in [0.2, 0.25) is 0 Å². The summed E-state index contributed by atoms with van der Waals surface area (Å²) in [5, 5.41) is 15.0. The van der Waals surface area contributed by atoms with Gasteiger partial charge in [0, 0.05) is 30.9 Å². The smallest absolute Gasteiger partial charge is 0.264 e. The van der Waals surface area contributed by atoms with Gasteiger partial charge >= 0.3 is 0 Å². The Hall–Kier alpha value is -4.71. The molecule has 0 spiro atoms. The number of hydrogen-bond donors (Lipinski definition) is 1. The highest BCUT2D eigenvalue weighted by Crippen LogP contribution is 2.37. The summed E-state index contributed by atoms with van der Waals surface area (Å²) in [4.78, 5) is 19.2. The Morgan fingerprint density at radius 1 is 1.18 bits per heavy atom. The van der Waals surface area contributed by atoms with Crippen LogP contribution in [0.25, 0.3) is 22.2 Å². The zero-order valence-corrected chi connectivity index (χ0v) is 22.8. The second kappa shape index (κ2) is 10.8. The first-order chi connectivity index (χ1) is 19.1. The van der Waals surface area contributed by atoms with Gasteiger partial charge in [0.15, 0.2) is 0 Å². The number of nitrogen functional groups attached to an aromatic ring is 1. The van der Waals surface area contributed by atoms with Crippen molar-refractivity contribution in [3.8, 4) is 28.8 Å². The van der Waals surface area contributed by atoms with Gasteiger partial charge in [-0.2, -0.15) is 10.4 Å². The largest absolute Gasteiger partial charge is 0.457 e. The first kappa shape index (κ1) is 26.9. The highest BCUT2D eigenvalue weighted by molar-refractivity contribution is 6.00. The number of anilines is 1. The Morgan fingerprint density at radius 2 is 1.95 bits per heavy atom. The van der Waals surface area contributed by atoms with Crippen LogP contribution in [0.1, 0.15) is 39.7 Å². The molecular weight excluding hydrogens is 507 g/mol. The van der Waals surface area contributed by atoms with E-state index in [2.05, 4.69) is 11.1 Å². The van der Waals surface area contributed by atoms with Crippen molar-refractivity contribution >= 4 is 22.6 Å². The fraction of sp³-hybridized carbons (Fsp3) is 0.290. The van der Waals surface area contributed by atoms with Crippen LogP contribution in [0, 0.1) is 22.6 Å². The number of piperidine rings is 1. The van der Waals surface area contributed by atoms with Crippen molar-refractivity contribution < 1.29 is 13.9 Å². The molecule has 2 aromatic heterocycles. The van der Waals surface area contributed by atoms with Gasteiger partial charge in [0.05, 0.1) is 16.9 Å². The number of para-hydroxylation sites is 1. The topological polar surface area (TPSA) is 110 Å². The van der Waals surface area contributed by atoms with Crippen molar-refractivity contribution in [3.63, 3.8) is 0 Å². The van der Waals surface area contributed by atoms with Crippen LogP contribution < -0.4 is 10.5 Å². The molecule has 2 N–H and O–H groups in total. The third-order valence-corrected chi connectivity index (χ3v) is 6.78. The molecule has 1 unspecified atom stereocenters. The number of benzene rings is 2. The molecule has 3 heterocycles. The van der Waals surface area contributed by atoms with E-state index in [1.807, 2.05) is 43.7 Å². The van der Waals surface area contributed by atoms with Gasteiger partial charge in [-0.15, -0.1) is 0 Å². The van der Waals surface area contributed by atoms with Crippen LogP contribution in [0.3, 0.4) is 0 Å². The number of halogens is 1. The number of nitriles is 1. The van der Waals surface area contributed by atoms with Crippen LogP contribution in [0.4, 0.5) is 10.2 Å². The molecule has 9 heteroatoms. The molecule has 0 radical (unpaired) electrons. The standard InChI is InChI=1S/C31H31FN6O2/c1-31(2,3)17-20(18-33)30(39)37-15-7-8-21(19-37)38-26-13-14-35-29(34)27(26)28(36-38)24-12-11-23(16-25(24)32)40-22-9-5-4-6-10-22/h4-6,9-14,16-17,21H,7-8,15,19H2,1-3H3,(H2,34,35). The summed E-state index contributed by atoms with van der Waals surface area (Å²) in [5.41, 5.74) is 7.47. The van der Waals surface area contributed by atoms with Crippen LogP contribution >= 0.6 is 0 Å². The molecular formula is C31H31FN6O2. The van der Waals surface area contributed by atoms with Gasteiger partial charge in [-0.25, -0.2) is 9.37 Å². The van der Waals surface area contributed by atoms with E-state index >= 15 is 4.39 Å². The number of carbonyl (C=O) groups is 1. The van der Waals surface area contributed by atoms with E-state index in [1.165, 1.54) is 6.07 Å². The van der Waals surface area contributed by atoms with Crippen molar-refractivity contribution in [2.45, 2.75) is 39.7 Å². The number of fused-ring (bicyclic) bond motifs is 1. The maximum Gasteiger partial charge on any atom is 0.264 e. The number of carbonyl (C=O) groups excluding carboxylic acids is 1. The van der Waals surface area contributed by atoms with E-state index in [0.717, 1.165) is 12.8 Å². The van der Waals surface area contributed by atoms with Gasteiger partial charge < -0.3 is 15.4 Å². The van der Waals surface area contributed by atoms with Crippen molar-refractivity contribution in [2.24, 2.45) is 5.41 Å². The van der Waals surface area contributed by atoms with Crippen molar-refractivity contribution in [3.05, 3.63) is 78.3 Å². The first-order valence-corrected chi connectivity index (χ1v) is 13.2. The number of ether oxygens (including phenoxy) is 1. The number of hydrogen-bond acceptors (Lipinski definition) is 6. The van der Waals surface area contributed by atoms with Crippen molar-refractivity contribution in [1.29, 1.82) is 5.26 Å². The summed E-state index contributed by atoms with van der Waals surface area (Å²) in [6, 6.07) is 17.5. The number of aromatic nitrogens is 3. The Morgan fingerprint density at radius 3 is 2.65 bits per heavy atom. The average Bonchev–Trinajstić information content (AvgIpc) is 3.32. The van der Waals surface area contributed by atoms with Gasteiger partial charge in [-0.3, -0.25) is 9.48 Å². The molecule has 1 aliphatic rings. The minimum absolute atomic E-state index is 0.132. The van der Waals surface area contributed by atoms with E-state index in [1.54, 1.807) is 47.5 Å². The third-order valence-electron chi connectivity index (χ3n) is 6.78. The predicted octanol–water partition coefficient (Wildman–Crippen LogP) is 6.27. The molecule has 0 bridgehead atoms. The third kappa shape index (κ3) is 5.52. The summed E-state index contributed by atoms with van der Waals surface area (Å²) in [6.45, 7) is 6.77. The number of amides is 1. The molecule has 4 aromatic rings. The molecule has 5 rings (SSSR count). The lowest BCUT2D eigenvalue weighted by molar-refractivity contribution is -0.128. The Labute approximate surface area is 232 Å². The molecule has 40 heavy (non-hydrogen) atoms. The molecule has 0 aliphatic carbocycles. The lowest BCUT2D eigenvalue weighted by atomic mass is 9.93. The van der Waals surface area contributed by atoms with Crippen LogP contribution in [-0.2, 0) is 4.79 Å². The summed E-state index contributed by atoms with van der Waals surface area (Å²) < 4.78 is 23.1. The number of allylic oxidation sites excluding steroid dienone is 1. The minimum atomic E-state index is -0.505. The predicted molar refractivity (Wildman–Crippen MR) is 152 cm³/mol. The second-order valence-electron chi connectivity index (χ2n) is 11.0. The van der Waals surface area contributed by atoms with Gasteiger partial charge in [0.2, 0.25) is 0 Å². The zero-order chi connectivity index (χ0) is 28.4. The summed E-state index contributed by atoms with van der Waals surface area (Å²) >= 11 is 0. The first-order valence-electron chi connectivity index (χ1n) is 13.2. The Kier molecular flexibility index (Phi) is 7.26. The Balaban J connectivity index is 1.49. The number of pyridine rings is 1. The lowest BCUT2D eigenvalue weighted by Gasteiger charge is -2.33. The number of rotatable bonds is 5. The summed E-state index contributed by atoms with van der Waals surface area (Å²) in [7, 11) is 0. The maximum atomic E-state index is 15.5. The van der Waals surface area contributed by atoms with E-state index in [0.29, 0.717) is 41.2 Å². The van der Waals surface area contributed by atoms with Crippen molar-refractivity contribution in [2.75, 3.05) is 18.8 Å². The zero-order valence-electron chi connectivity index (χ0n) is 22.8. The number of nitrogens with two attached hydrogens (primary N) is 1. The SMILES string of the molecule is CC(C)(C)C=C(C#N)C(=O)N1CCCC(n2nc(-c3ccc(Oc4ccccc4)cc3F)c3c(N)nccc32)C1. The van der Waals surface area contributed by atoms with Gasteiger partial charge in [-0.05, 0) is 48.6 Å². The summed E-state index contributed by atoms with van der Waals surface area (Å²) in [5.74, 6) is 0.410. The molecule has 8 nitrogen and oxygen atoms in total. The summed E-state index contributed by atoms with van der Waals surface area (Å²) in [6.07, 6.45) is 4.81. The Bertz CT molecular complexity index is 1630. The molecule has 1 amide bonds. The normalized spacial score (nSPS) is 16.1. The van der Waals surface area contributed by atoms with Gasteiger partial charge in [0.25, 0.3) is 5.91 Å². The number of nitrogens with zero attached hydrogens (tertiary/aromatic N) is 5. The fourth-order valence-electron chi connectivity index (χ4n) is 5.04. The van der Waals surface area contributed by atoms with Gasteiger partial charge in [0.1, 0.15) is 40.5 Å². The van der Waals surface area contributed by atoms with Crippen molar-refractivity contribution in [1.82, 2.24) is 19.7 Å². The quantitative estimate of drug-likeness (QED) is 0.237. The highest BCUT2D eigenvalue weighted by Gasteiger charge is 2.30. The van der Waals surface area contributed by atoms with E-state index in [9.17, 15) is 10.1 Å². The highest BCUT2D eigenvalue weighted by atomic mass is 19.1. The molecule has 1 atom stereocenters. The van der Waals surface area contributed by atoms with Crippen LogP contribution in [0.5, 0.6) is 11.5 Å². The average molecular weight is 539 g/mol. The molecule has 1 saturated heterocycles. The molecule has 0 saturated carbocycles. The number of likely N-dealkylation sites (tertiary alicyclic amines) is 1. The second-order valence-corrected chi connectivity index (χ2v) is 11.0. The maximum absolute atomic E-state index is 15.5. The van der Waals surface area contributed by atoms with Gasteiger partial charge in [-0.1, -0.05) is 45.0 Å². The monoisotopic (exact) mass is 538 g/mol. The van der Waals surface area contributed by atoms with Crippen LogP contribution in [-0.4, -0.2) is 38.7 Å². The van der Waals surface area contributed by atoms with E-state index < -0.39 is 5.82 Å². The molecule has 2 aromatic carbocycles. The molecule has 1 aliphatic heterocycles. The van der Waals surface area contributed by atoms with Crippen LogP contribution in [0.15, 0.2) is 72.4 Å². The molecule has 1 fully saturated rings. The van der Waals surface area contributed by atoms with E-state index in [-0.39, 0.29) is 34.3 Å². The van der Waals surface area contributed by atoms with E-state index in [4.69, 9.17) is 15.6 Å². The fourth-order valence-corrected chi connectivity index (χ4v) is 5.04.